The number of benzene rings is 3. The molecule has 0 amide bonds. The Balaban J connectivity index is 1.36. The molecule has 0 saturated carbocycles. The highest BCUT2D eigenvalue weighted by Crippen LogP contribution is 2.47. The standard InChI is InChI=1S/C31H18N4/c1-2-5-19-17(4-1)12-25-20(19)7-8-21-24-15-28-27(14-18(24)13-26(21)25)34-31-30-23(6-3-10-33-30)22-9-11-32-16-29(22)35(28)31/h1-11,14-16H,12-13H2. The third-order valence-corrected chi connectivity index (χ3v) is 7.99. The Kier molecular flexibility index (Phi) is 3.11. The zero-order chi connectivity index (χ0) is 22.7. The van der Waals surface area contributed by atoms with Crippen LogP contribution in [0.3, 0.4) is 0 Å². The van der Waals surface area contributed by atoms with E-state index in [1.54, 1.807) is 0 Å². The molecular weight excluding hydrogens is 428 g/mol. The number of rotatable bonds is 0. The maximum Gasteiger partial charge on any atom is 0.165 e. The first-order chi connectivity index (χ1) is 17.3. The van der Waals surface area contributed by atoms with E-state index >= 15 is 0 Å². The third kappa shape index (κ3) is 2.15. The van der Waals surface area contributed by atoms with Crippen LogP contribution >= 0.6 is 0 Å². The van der Waals surface area contributed by atoms with E-state index in [4.69, 9.17) is 9.97 Å². The number of pyridine rings is 3. The first-order valence-electron chi connectivity index (χ1n) is 12.0. The summed E-state index contributed by atoms with van der Waals surface area (Å²) in [6.45, 7) is 0. The van der Waals surface area contributed by atoms with E-state index in [0.29, 0.717) is 0 Å². The van der Waals surface area contributed by atoms with Crippen molar-refractivity contribution in [2.45, 2.75) is 12.8 Å². The minimum absolute atomic E-state index is 0.893. The molecule has 35 heavy (non-hydrogen) atoms. The average molecular weight is 447 g/mol. The molecule has 0 N–H and O–H groups in total. The molecule has 0 fully saturated rings. The van der Waals surface area contributed by atoms with Crippen molar-refractivity contribution in [3.63, 3.8) is 0 Å². The van der Waals surface area contributed by atoms with Crippen LogP contribution in [0.4, 0.5) is 0 Å². The molecular formula is C31H18N4. The number of hydrogen-bond acceptors (Lipinski definition) is 3. The Labute approximate surface area is 200 Å². The van der Waals surface area contributed by atoms with E-state index < -0.39 is 0 Å². The quantitative estimate of drug-likeness (QED) is 0.243. The van der Waals surface area contributed by atoms with E-state index in [1.807, 2.05) is 24.7 Å². The van der Waals surface area contributed by atoms with Gasteiger partial charge in [-0.05, 0) is 81.6 Å². The Morgan fingerprint density at radius 2 is 1.51 bits per heavy atom. The van der Waals surface area contributed by atoms with Crippen LogP contribution in [0, 0.1) is 0 Å². The Bertz CT molecular complexity index is 2070. The highest BCUT2D eigenvalue weighted by Gasteiger charge is 2.28. The van der Waals surface area contributed by atoms with Crippen LogP contribution in [0.5, 0.6) is 0 Å². The molecule has 0 aliphatic heterocycles. The first-order valence-corrected chi connectivity index (χ1v) is 12.0. The lowest BCUT2D eigenvalue weighted by Gasteiger charge is -2.09. The second kappa shape index (κ2) is 6.10. The molecule has 7 aromatic rings. The van der Waals surface area contributed by atoms with Crippen LogP contribution < -0.4 is 0 Å². The highest BCUT2D eigenvalue weighted by molar-refractivity contribution is 6.12. The second-order valence-corrected chi connectivity index (χ2v) is 9.69. The average Bonchev–Trinajstić information content (AvgIpc) is 3.58. The topological polar surface area (TPSA) is 43.1 Å². The maximum atomic E-state index is 5.11. The van der Waals surface area contributed by atoms with Gasteiger partial charge in [0.1, 0.15) is 5.52 Å². The molecule has 4 aromatic heterocycles. The van der Waals surface area contributed by atoms with Gasteiger partial charge in [0.25, 0.3) is 0 Å². The van der Waals surface area contributed by atoms with Crippen molar-refractivity contribution in [2.24, 2.45) is 0 Å². The van der Waals surface area contributed by atoms with Crippen molar-refractivity contribution in [1.29, 1.82) is 0 Å². The molecule has 0 spiro atoms. The van der Waals surface area contributed by atoms with Gasteiger partial charge in [-0.3, -0.25) is 14.4 Å². The van der Waals surface area contributed by atoms with E-state index in [2.05, 4.69) is 70.0 Å². The number of hydrogen-bond donors (Lipinski definition) is 0. The van der Waals surface area contributed by atoms with Gasteiger partial charge in [0.15, 0.2) is 5.65 Å². The largest absolute Gasteiger partial charge is 0.289 e. The van der Waals surface area contributed by atoms with Gasteiger partial charge < -0.3 is 0 Å². The maximum absolute atomic E-state index is 5.11. The van der Waals surface area contributed by atoms with Gasteiger partial charge in [-0.1, -0.05) is 42.5 Å². The zero-order valence-electron chi connectivity index (χ0n) is 18.8. The number of aromatic nitrogens is 4. The van der Waals surface area contributed by atoms with Crippen LogP contribution in [0.25, 0.3) is 60.7 Å². The summed E-state index contributed by atoms with van der Waals surface area (Å²) in [5, 5.41) is 2.26. The van der Waals surface area contributed by atoms with Crippen molar-refractivity contribution < 1.29 is 0 Å². The summed E-state index contributed by atoms with van der Waals surface area (Å²) in [5.74, 6) is 0. The Morgan fingerprint density at radius 1 is 0.657 bits per heavy atom. The normalized spacial score (nSPS) is 13.5. The van der Waals surface area contributed by atoms with Gasteiger partial charge in [0.05, 0.1) is 22.7 Å². The third-order valence-electron chi connectivity index (χ3n) is 7.99. The summed E-state index contributed by atoms with van der Waals surface area (Å²) in [6.07, 6.45) is 7.64. The van der Waals surface area contributed by atoms with E-state index in [1.165, 1.54) is 44.5 Å². The molecule has 4 nitrogen and oxygen atoms in total. The first kappa shape index (κ1) is 17.8. The lowest BCUT2D eigenvalue weighted by atomic mass is 9.96. The van der Waals surface area contributed by atoms with Gasteiger partial charge in [-0.15, -0.1) is 0 Å². The number of nitrogens with zero attached hydrogens (tertiary/aromatic N) is 4. The summed E-state index contributed by atoms with van der Waals surface area (Å²) in [4.78, 5) is 14.3. The van der Waals surface area contributed by atoms with Crippen molar-refractivity contribution in [3.8, 4) is 22.3 Å². The number of fused-ring (bicyclic) bond motifs is 15. The van der Waals surface area contributed by atoms with Gasteiger partial charge in [-0.2, -0.15) is 0 Å². The second-order valence-electron chi connectivity index (χ2n) is 9.69. The summed E-state index contributed by atoms with van der Waals surface area (Å²) in [7, 11) is 0. The van der Waals surface area contributed by atoms with Gasteiger partial charge in [-0.25, -0.2) is 4.98 Å². The lowest BCUT2D eigenvalue weighted by molar-refractivity contribution is 1.16. The molecule has 0 radical (unpaired) electrons. The zero-order valence-corrected chi connectivity index (χ0v) is 18.8. The summed E-state index contributed by atoms with van der Waals surface area (Å²) in [5.41, 5.74) is 16.3. The fraction of sp³-hybridized carbons (Fsp3) is 0.0645. The lowest BCUT2D eigenvalue weighted by Crippen LogP contribution is -1.93. The highest BCUT2D eigenvalue weighted by atomic mass is 15.0. The van der Waals surface area contributed by atoms with Gasteiger partial charge in [0.2, 0.25) is 0 Å². The Morgan fingerprint density at radius 3 is 2.46 bits per heavy atom. The predicted octanol–water partition coefficient (Wildman–Crippen LogP) is 6.73. The van der Waals surface area contributed by atoms with Crippen LogP contribution in [-0.4, -0.2) is 19.4 Å². The molecule has 0 atom stereocenters. The minimum atomic E-state index is 0.893. The molecule has 4 heterocycles. The summed E-state index contributed by atoms with van der Waals surface area (Å²) >= 11 is 0. The fourth-order valence-corrected chi connectivity index (χ4v) is 6.48. The number of imidazole rings is 1. The van der Waals surface area contributed by atoms with Crippen molar-refractivity contribution in [3.05, 3.63) is 108 Å². The molecule has 9 rings (SSSR count). The molecule has 162 valence electrons. The fourth-order valence-electron chi connectivity index (χ4n) is 6.48. The van der Waals surface area contributed by atoms with Gasteiger partial charge >= 0.3 is 0 Å². The Hall–Kier alpha value is -4.57. The van der Waals surface area contributed by atoms with Crippen molar-refractivity contribution in [2.75, 3.05) is 0 Å². The monoisotopic (exact) mass is 446 g/mol. The molecule has 4 heteroatoms. The molecule has 3 aromatic carbocycles. The summed E-state index contributed by atoms with van der Waals surface area (Å²) < 4.78 is 2.24. The molecule has 0 unspecified atom stereocenters. The SMILES string of the molecule is c1ccc2c(c1)Cc1c-2ccc2c1Cc1cc3nc4c5ncccc5c5ccncc5n4c3cc1-2. The van der Waals surface area contributed by atoms with E-state index in [-0.39, 0.29) is 0 Å². The smallest absolute Gasteiger partial charge is 0.165 e. The van der Waals surface area contributed by atoms with E-state index in [9.17, 15) is 0 Å². The van der Waals surface area contributed by atoms with Gasteiger partial charge in [0, 0.05) is 23.2 Å². The minimum Gasteiger partial charge on any atom is -0.289 e. The van der Waals surface area contributed by atoms with Crippen LogP contribution in [-0.2, 0) is 12.8 Å². The van der Waals surface area contributed by atoms with Crippen molar-refractivity contribution >= 4 is 38.5 Å². The molecule has 0 saturated heterocycles. The molecule has 2 aliphatic rings. The van der Waals surface area contributed by atoms with Crippen LogP contribution in [0.15, 0.2) is 85.3 Å². The van der Waals surface area contributed by atoms with Crippen LogP contribution in [0.1, 0.15) is 22.3 Å². The van der Waals surface area contributed by atoms with Crippen LogP contribution in [0.2, 0.25) is 0 Å². The van der Waals surface area contributed by atoms with E-state index in [0.717, 1.165) is 51.3 Å². The molecule has 2 aliphatic carbocycles. The molecule has 0 bridgehead atoms. The predicted molar refractivity (Wildman–Crippen MR) is 140 cm³/mol. The summed E-state index contributed by atoms with van der Waals surface area (Å²) in [6, 6.07) is 24.3. The van der Waals surface area contributed by atoms with Crippen molar-refractivity contribution in [1.82, 2.24) is 19.4 Å².